The van der Waals surface area contributed by atoms with E-state index in [0.717, 1.165) is 0 Å². The largest absolute Gasteiger partial charge is 0.309 e. The van der Waals surface area contributed by atoms with E-state index in [4.69, 9.17) is 0 Å². The molecule has 23 heavy (non-hydrogen) atoms. The molecule has 0 bridgehead atoms. The van der Waals surface area contributed by atoms with E-state index in [2.05, 4.69) is 4.98 Å². The molecule has 2 aromatic rings. The number of ketones is 1. The van der Waals surface area contributed by atoms with Crippen molar-refractivity contribution in [1.29, 1.82) is 0 Å². The fraction of sp³-hybridized carbons (Fsp3) is 0.267. The van der Waals surface area contributed by atoms with Crippen molar-refractivity contribution in [2.75, 3.05) is 4.90 Å². The van der Waals surface area contributed by atoms with E-state index in [1.54, 1.807) is 24.6 Å². The van der Waals surface area contributed by atoms with Crippen LogP contribution in [0.2, 0.25) is 0 Å². The molecule has 1 atom stereocenters. The zero-order valence-corrected chi connectivity index (χ0v) is 12.5. The lowest BCUT2D eigenvalue weighted by atomic mass is 9.90. The first kappa shape index (κ1) is 14.9. The first-order valence-electron chi connectivity index (χ1n) is 6.94. The number of nitrogens with zero attached hydrogens (tertiary/aromatic N) is 4. The van der Waals surface area contributed by atoms with Crippen LogP contribution in [0.3, 0.4) is 0 Å². The molecule has 8 heteroatoms. The van der Waals surface area contributed by atoms with Crippen molar-refractivity contribution in [3.63, 3.8) is 0 Å². The van der Waals surface area contributed by atoms with E-state index in [0.29, 0.717) is 5.69 Å². The molecule has 0 aliphatic carbocycles. The van der Waals surface area contributed by atoms with Crippen molar-refractivity contribution >= 4 is 23.1 Å². The number of hydrogen-bond acceptors (Lipinski definition) is 5. The third-order valence-corrected chi connectivity index (χ3v) is 3.99. The average molecular weight is 314 g/mol. The number of anilines is 1. The summed E-state index contributed by atoms with van der Waals surface area (Å²) < 4.78 is 1.55. The molecule has 0 radical (unpaired) electrons. The summed E-state index contributed by atoms with van der Waals surface area (Å²) in [6, 6.07) is 5.55. The summed E-state index contributed by atoms with van der Waals surface area (Å²) in [5, 5.41) is 10.8. The monoisotopic (exact) mass is 314 g/mol. The van der Waals surface area contributed by atoms with Gasteiger partial charge in [0.2, 0.25) is 5.91 Å². The Morgan fingerprint density at radius 2 is 1.87 bits per heavy atom. The number of imidazole rings is 1. The molecule has 2 heterocycles. The van der Waals surface area contributed by atoms with Crippen LogP contribution >= 0.6 is 0 Å². The van der Waals surface area contributed by atoms with Crippen molar-refractivity contribution in [3.05, 3.63) is 53.1 Å². The molecule has 1 fully saturated rings. The van der Waals surface area contributed by atoms with Crippen LogP contribution in [-0.4, -0.2) is 26.2 Å². The average Bonchev–Trinajstić information content (AvgIpc) is 3.10. The zero-order valence-electron chi connectivity index (χ0n) is 12.5. The molecular formula is C15H14N4O4. The normalized spacial score (nSPS) is 20.1. The number of rotatable bonds is 3. The number of aromatic nitrogens is 2. The summed E-state index contributed by atoms with van der Waals surface area (Å²) in [6.45, 7) is 3.15. The van der Waals surface area contributed by atoms with Crippen LogP contribution in [0.4, 0.5) is 11.4 Å². The summed E-state index contributed by atoms with van der Waals surface area (Å²) in [5.74, 6) is -0.603. The minimum atomic E-state index is -1.17. The van der Waals surface area contributed by atoms with Gasteiger partial charge in [0.1, 0.15) is 5.41 Å². The minimum absolute atomic E-state index is 0.0786. The van der Waals surface area contributed by atoms with Crippen LogP contribution in [0.1, 0.15) is 20.0 Å². The van der Waals surface area contributed by atoms with E-state index < -0.39 is 16.5 Å². The van der Waals surface area contributed by atoms with Crippen LogP contribution in [0, 0.1) is 15.5 Å². The molecule has 8 nitrogen and oxygen atoms in total. The standard InChI is InChI=1S/C15H14N4O4/c1-15(2)12(20)13(17-8-7-16-9-17)18(14(15)21)10-3-5-11(6-4-10)19(22)23/h3-9,13H,1-2H3. The third-order valence-electron chi connectivity index (χ3n) is 3.99. The number of non-ortho nitro benzene ring substituents is 1. The highest BCUT2D eigenvalue weighted by atomic mass is 16.6. The fourth-order valence-electron chi connectivity index (χ4n) is 2.63. The number of benzene rings is 1. The lowest BCUT2D eigenvalue weighted by molar-refractivity contribution is -0.384. The number of hydrogen-bond donors (Lipinski definition) is 0. The molecular weight excluding hydrogens is 300 g/mol. The van der Waals surface area contributed by atoms with Gasteiger partial charge in [-0.2, -0.15) is 0 Å². The number of carbonyl (C=O) groups excluding carboxylic acids is 2. The Hall–Kier alpha value is -3.03. The second-order valence-electron chi connectivity index (χ2n) is 5.82. The van der Waals surface area contributed by atoms with E-state index >= 15 is 0 Å². The van der Waals surface area contributed by atoms with Gasteiger partial charge in [0.25, 0.3) is 5.69 Å². The Kier molecular flexibility index (Phi) is 3.24. The van der Waals surface area contributed by atoms with E-state index in [-0.39, 0.29) is 17.4 Å². The van der Waals surface area contributed by atoms with Crippen molar-refractivity contribution < 1.29 is 14.5 Å². The van der Waals surface area contributed by atoms with Gasteiger partial charge in [0, 0.05) is 30.2 Å². The highest BCUT2D eigenvalue weighted by Gasteiger charge is 2.54. The highest BCUT2D eigenvalue weighted by molar-refractivity contribution is 6.21. The van der Waals surface area contributed by atoms with Gasteiger partial charge in [-0.3, -0.25) is 24.6 Å². The Labute approximate surface area is 131 Å². The van der Waals surface area contributed by atoms with Crippen LogP contribution in [0.25, 0.3) is 0 Å². The summed E-state index contributed by atoms with van der Waals surface area (Å²) in [4.78, 5) is 40.9. The maximum absolute atomic E-state index is 12.7. The van der Waals surface area contributed by atoms with Gasteiger partial charge < -0.3 is 4.57 Å². The third kappa shape index (κ3) is 2.19. The molecule has 1 unspecified atom stereocenters. The second kappa shape index (κ2) is 5.01. The predicted molar refractivity (Wildman–Crippen MR) is 80.6 cm³/mol. The highest BCUT2D eigenvalue weighted by Crippen LogP contribution is 2.41. The van der Waals surface area contributed by atoms with Crippen molar-refractivity contribution in [3.8, 4) is 0 Å². The molecule has 1 saturated heterocycles. The van der Waals surface area contributed by atoms with Crippen molar-refractivity contribution in [2.24, 2.45) is 5.41 Å². The maximum atomic E-state index is 12.7. The molecule has 0 spiro atoms. The van der Waals surface area contributed by atoms with Crippen molar-refractivity contribution in [2.45, 2.75) is 20.0 Å². The summed E-state index contributed by atoms with van der Waals surface area (Å²) in [5.41, 5.74) is -0.820. The molecule has 1 aromatic heterocycles. The first-order valence-corrected chi connectivity index (χ1v) is 6.94. The smallest absolute Gasteiger partial charge is 0.269 e. The van der Waals surface area contributed by atoms with Crippen LogP contribution in [0.5, 0.6) is 0 Å². The summed E-state index contributed by atoms with van der Waals surface area (Å²) >= 11 is 0. The van der Waals surface area contributed by atoms with Gasteiger partial charge >= 0.3 is 0 Å². The lowest BCUT2D eigenvalue weighted by Gasteiger charge is -2.24. The summed E-state index contributed by atoms with van der Waals surface area (Å²) in [6.07, 6.45) is 3.75. The minimum Gasteiger partial charge on any atom is -0.309 e. The number of carbonyl (C=O) groups is 2. The molecule has 1 amide bonds. The Morgan fingerprint density at radius 3 is 2.39 bits per heavy atom. The Balaban J connectivity index is 2.09. The molecule has 0 saturated carbocycles. The molecule has 118 valence electrons. The Morgan fingerprint density at radius 1 is 1.22 bits per heavy atom. The van der Waals surface area contributed by atoms with Gasteiger partial charge in [-0.15, -0.1) is 0 Å². The zero-order chi connectivity index (χ0) is 16.8. The number of amides is 1. The van der Waals surface area contributed by atoms with Crippen LogP contribution in [0.15, 0.2) is 43.0 Å². The maximum Gasteiger partial charge on any atom is 0.269 e. The summed E-state index contributed by atoms with van der Waals surface area (Å²) in [7, 11) is 0. The van der Waals surface area contributed by atoms with Gasteiger partial charge in [-0.1, -0.05) is 0 Å². The molecule has 3 rings (SSSR count). The first-order chi connectivity index (χ1) is 10.8. The fourth-order valence-corrected chi connectivity index (χ4v) is 2.63. The van der Waals surface area contributed by atoms with E-state index in [1.807, 2.05) is 0 Å². The van der Waals surface area contributed by atoms with Gasteiger partial charge in [-0.05, 0) is 26.0 Å². The van der Waals surface area contributed by atoms with Gasteiger partial charge in [0.15, 0.2) is 11.9 Å². The Bertz CT molecular complexity index is 780. The number of Topliss-reactive ketones (excluding diaryl/α,β-unsaturated/α-hetero) is 1. The molecule has 1 aliphatic heterocycles. The van der Waals surface area contributed by atoms with Crippen LogP contribution < -0.4 is 4.90 Å². The number of nitro groups is 1. The van der Waals surface area contributed by atoms with Crippen molar-refractivity contribution in [1.82, 2.24) is 9.55 Å². The SMILES string of the molecule is CC1(C)C(=O)C(n2ccnc2)N(c2ccc([N+](=O)[O-])cc2)C1=O. The van der Waals surface area contributed by atoms with Crippen LogP contribution in [-0.2, 0) is 9.59 Å². The van der Waals surface area contributed by atoms with E-state index in [9.17, 15) is 19.7 Å². The lowest BCUT2D eigenvalue weighted by Crippen LogP contribution is -2.33. The molecule has 0 N–H and O–H groups in total. The van der Waals surface area contributed by atoms with E-state index in [1.165, 1.54) is 41.7 Å². The molecule has 1 aliphatic rings. The topological polar surface area (TPSA) is 98.3 Å². The quantitative estimate of drug-likeness (QED) is 0.490. The molecule has 1 aromatic carbocycles. The predicted octanol–water partition coefficient (Wildman–Crippen LogP) is 1.93. The second-order valence-corrected chi connectivity index (χ2v) is 5.82. The number of nitro benzene ring substituents is 1. The van der Waals surface area contributed by atoms with Gasteiger partial charge in [0.05, 0.1) is 11.3 Å². The van der Waals surface area contributed by atoms with Gasteiger partial charge in [-0.25, -0.2) is 4.98 Å².